The molecule has 0 aliphatic carbocycles. The first kappa shape index (κ1) is 29.4. The van der Waals surface area contributed by atoms with Crippen LogP contribution in [0.15, 0.2) is 42.5 Å². The zero-order chi connectivity index (χ0) is 28.5. The maximum atomic E-state index is 13.4. The summed E-state index contributed by atoms with van der Waals surface area (Å²) in [6.07, 6.45) is -8.95. The molecule has 0 spiro atoms. The number of aromatic nitrogens is 1. The highest BCUT2D eigenvalue weighted by atomic mass is 32.1. The molecule has 0 atom stereocenters. The number of aliphatic carboxylic acids is 1. The summed E-state index contributed by atoms with van der Waals surface area (Å²) in [6.45, 7) is 4.78. The highest BCUT2D eigenvalue weighted by molar-refractivity contribution is 7.15. The standard InChI is InChI=1S/C26H26F6N2O3S/c1-15-11-17(5-10-20(15)37-24(3,4)23(35)36)12-34(14-25(27,28)29)13-21-16(2)33-22(38-21)18-6-8-19(9-7-18)26(30,31)32/h5-11H,12-14H2,1-4H3,(H,35,36). The SMILES string of the molecule is Cc1cc(CN(Cc2sc(-c3ccc(C(F)(F)F)cc3)nc2C)CC(F)(F)F)ccc1OC(C)(C)C(=O)O. The molecular formula is C26H26F6N2O3S. The predicted octanol–water partition coefficient (Wildman–Crippen LogP) is 7.25. The van der Waals surface area contributed by atoms with Crippen LogP contribution in [0.4, 0.5) is 26.3 Å². The minimum atomic E-state index is -4.48. The molecule has 1 N–H and O–H groups in total. The van der Waals surface area contributed by atoms with Gasteiger partial charge in [-0.05, 0) is 57.0 Å². The molecule has 0 aliphatic heterocycles. The Morgan fingerprint density at radius 3 is 2.16 bits per heavy atom. The summed E-state index contributed by atoms with van der Waals surface area (Å²) in [5, 5.41) is 9.68. The third-order valence-corrected chi connectivity index (χ3v) is 6.84. The number of carboxylic acids is 1. The molecule has 12 heteroatoms. The highest BCUT2D eigenvalue weighted by Gasteiger charge is 2.33. The van der Waals surface area contributed by atoms with Gasteiger partial charge in [0.15, 0.2) is 5.60 Å². The van der Waals surface area contributed by atoms with Crippen LogP contribution < -0.4 is 4.74 Å². The van der Waals surface area contributed by atoms with Crippen LogP contribution in [0.2, 0.25) is 0 Å². The number of hydrogen-bond donors (Lipinski definition) is 1. The Bertz CT molecular complexity index is 1280. The molecule has 3 rings (SSSR count). The number of aryl methyl sites for hydroxylation is 2. The summed E-state index contributed by atoms with van der Waals surface area (Å²) in [4.78, 5) is 17.5. The second-order valence-corrected chi connectivity index (χ2v) is 10.5. The molecule has 0 aliphatic rings. The number of carbonyl (C=O) groups is 1. The van der Waals surface area contributed by atoms with E-state index in [4.69, 9.17) is 4.74 Å². The van der Waals surface area contributed by atoms with Crippen LogP contribution in [0, 0.1) is 13.8 Å². The topological polar surface area (TPSA) is 62.7 Å². The zero-order valence-electron chi connectivity index (χ0n) is 21.0. The lowest BCUT2D eigenvalue weighted by Gasteiger charge is -2.25. The second-order valence-electron chi connectivity index (χ2n) is 9.38. The number of hydrogen-bond acceptors (Lipinski definition) is 5. The third kappa shape index (κ3) is 7.70. The number of benzene rings is 2. The number of thiazole rings is 1. The maximum Gasteiger partial charge on any atom is 0.416 e. The number of carboxylic acid groups (broad SMARTS) is 1. The monoisotopic (exact) mass is 560 g/mol. The fourth-order valence-corrected chi connectivity index (χ4v) is 4.74. The molecule has 0 radical (unpaired) electrons. The third-order valence-electron chi connectivity index (χ3n) is 5.65. The van der Waals surface area contributed by atoms with Crippen LogP contribution in [0.5, 0.6) is 5.75 Å². The van der Waals surface area contributed by atoms with Crippen LogP contribution in [0.3, 0.4) is 0 Å². The van der Waals surface area contributed by atoms with Gasteiger partial charge in [0.05, 0.1) is 17.8 Å². The van der Waals surface area contributed by atoms with Crippen molar-refractivity contribution >= 4 is 17.3 Å². The van der Waals surface area contributed by atoms with Gasteiger partial charge in [0.25, 0.3) is 0 Å². The Balaban J connectivity index is 1.81. The number of halogens is 6. The van der Waals surface area contributed by atoms with Gasteiger partial charge < -0.3 is 9.84 Å². The van der Waals surface area contributed by atoms with Crippen LogP contribution in [-0.2, 0) is 24.1 Å². The quantitative estimate of drug-likeness (QED) is 0.279. The minimum absolute atomic E-state index is 0.0596. The molecule has 2 aromatic carbocycles. The summed E-state index contributed by atoms with van der Waals surface area (Å²) < 4.78 is 84.3. The Kier molecular flexibility index (Phi) is 8.47. The van der Waals surface area contributed by atoms with Gasteiger partial charge in [0.2, 0.25) is 0 Å². The molecule has 38 heavy (non-hydrogen) atoms. The molecule has 206 valence electrons. The summed E-state index contributed by atoms with van der Waals surface area (Å²) in [7, 11) is 0. The number of ether oxygens (including phenoxy) is 1. The number of alkyl halides is 6. The van der Waals surface area contributed by atoms with E-state index in [0.717, 1.165) is 23.5 Å². The van der Waals surface area contributed by atoms with Crippen molar-refractivity contribution in [1.82, 2.24) is 9.88 Å². The van der Waals surface area contributed by atoms with Gasteiger partial charge in [-0.15, -0.1) is 11.3 Å². The van der Waals surface area contributed by atoms with Gasteiger partial charge in [-0.25, -0.2) is 9.78 Å². The van der Waals surface area contributed by atoms with Gasteiger partial charge in [0.1, 0.15) is 10.8 Å². The van der Waals surface area contributed by atoms with Crippen LogP contribution in [-0.4, -0.2) is 39.3 Å². The van der Waals surface area contributed by atoms with Crippen molar-refractivity contribution in [3.05, 3.63) is 69.7 Å². The van der Waals surface area contributed by atoms with E-state index < -0.39 is 36.0 Å². The molecule has 0 amide bonds. The van der Waals surface area contributed by atoms with Gasteiger partial charge in [-0.3, -0.25) is 4.90 Å². The Morgan fingerprint density at radius 1 is 1.00 bits per heavy atom. The fourth-order valence-electron chi connectivity index (χ4n) is 3.63. The minimum Gasteiger partial charge on any atom is -0.478 e. The van der Waals surface area contributed by atoms with Gasteiger partial charge in [-0.1, -0.05) is 24.3 Å². The Morgan fingerprint density at radius 2 is 1.63 bits per heavy atom. The lowest BCUT2D eigenvalue weighted by Crippen LogP contribution is -2.38. The second kappa shape index (κ2) is 10.9. The van der Waals surface area contributed by atoms with Crippen molar-refractivity contribution in [3.63, 3.8) is 0 Å². The van der Waals surface area contributed by atoms with E-state index in [2.05, 4.69) is 4.98 Å². The number of rotatable bonds is 9. The fraction of sp³-hybridized carbons (Fsp3) is 0.385. The summed E-state index contributed by atoms with van der Waals surface area (Å²) in [6, 6.07) is 9.21. The van der Waals surface area contributed by atoms with E-state index in [-0.39, 0.29) is 13.1 Å². The molecule has 0 saturated carbocycles. The highest BCUT2D eigenvalue weighted by Crippen LogP contribution is 2.34. The van der Waals surface area contributed by atoms with Gasteiger partial charge >= 0.3 is 18.3 Å². The first-order chi connectivity index (χ1) is 17.4. The summed E-state index contributed by atoms with van der Waals surface area (Å²) >= 11 is 1.13. The molecule has 3 aromatic rings. The van der Waals surface area contributed by atoms with Crippen LogP contribution in [0.1, 0.15) is 41.1 Å². The lowest BCUT2D eigenvalue weighted by molar-refractivity contribution is -0.152. The molecule has 0 unspecified atom stereocenters. The first-order valence-electron chi connectivity index (χ1n) is 11.4. The van der Waals surface area contributed by atoms with Crippen molar-refractivity contribution in [2.45, 2.75) is 58.7 Å². The van der Waals surface area contributed by atoms with Crippen molar-refractivity contribution in [1.29, 1.82) is 0 Å². The normalized spacial score (nSPS) is 12.7. The van der Waals surface area contributed by atoms with Crippen molar-refractivity contribution < 1.29 is 41.0 Å². The molecule has 0 fully saturated rings. The molecule has 1 aromatic heterocycles. The van der Waals surface area contributed by atoms with Crippen molar-refractivity contribution in [2.24, 2.45) is 0 Å². The first-order valence-corrected chi connectivity index (χ1v) is 12.2. The van der Waals surface area contributed by atoms with Crippen molar-refractivity contribution in [3.8, 4) is 16.3 Å². The molecular weight excluding hydrogens is 534 g/mol. The maximum absolute atomic E-state index is 13.4. The van der Waals surface area contributed by atoms with E-state index in [1.807, 2.05) is 0 Å². The summed E-state index contributed by atoms with van der Waals surface area (Å²) in [5.74, 6) is -0.851. The van der Waals surface area contributed by atoms with E-state index in [0.29, 0.717) is 38.0 Å². The molecule has 0 saturated heterocycles. The smallest absolute Gasteiger partial charge is 0.416 e. The van der Waals surface area contributed by atoms with Gasteiger partial charge in [-0.2, -0.15) is 26.3 Å². The molecule has 5 nitrogen and oxygen atoms in total. The van der Waals surface area contributed by atoms with Crippen LogP contribution in [0.25, 0.3) is 10.6 Å². The van der Waals surface area contributed by atoms with Gasteiger partial charge in [0, 0.05) is 23.5 Å². The molecule has 1 heterocycles. The number of nitrogens with zero attached hydrogens (tertiary/aromatic N) is 2. The molecule has 0 bridgehead atoms. The predicted molar refractivity (Wildman–Crippen MR) is 131 cm³/mol. The average Bonchev–Trinajstić information content (AvgIpc) is 3.14. The largest absolute Gasteiger partial charge is 0.478 e. The van der Waals surface area contributed by atoms with E-state index in [1.165, 1.54) is 36.9 Å². The van der Waals surface area contributed by atoms with E-state index in [1.54, 1.807) is 26.0 Å². The Hall–Kier alpha value is -3.12. The van der Waals surface area contributed by atoms with Crippen LogP contribution >= 0.6 is 11.3 Å². The van der Waals surface area contributed by atoms with Crippen molar-refractivity contribution in [2.75, 3.05) is 6.54 Å². The van der Waals surface area contributed by atoms with E-state index >= 15 is 0 Å². The lowest BCUT2D eigenvalue weighted by atomic mass is 10.1. The Labute approximate surface area is 219 Å². The van der Waals surface area contributed by atoms with E-state index in [9.17, 15) is 36.2 Å². The summed E-state index contributed by atoms with van der Waals surface area (Å²) in [5.41, 5.74) is -0.213. The average molecular weight is 561 g/mol. The zero-order valence-corrected chi connectivity index (χ0v) is 21.8.